The molecule has 0 spiro atoms. The number of aromatic nitrogens is 2. The van der Waals surface area contributed by atoms with Crippen LogP contribution < -0.4 is 10.6 Å². The summed E-state index contributed by atoms with van der Waals surface area (Å²) in [5, 5.41) is 19.1. The molecule has 2 aromatic heterocycles. The SMILES string of the molecule is COC(CNC(=O)C(C)NC(=O)c1cc2c(C)nn(C)c2s1)C(=O)O. The molecule has 0 aliphatic rings. The number of fused-ring (bicyclic) bond motifs is 1. The summed E-state index contributed by atoms with van der Waals surface area (Å²) in [5.41, 5.74) is 0.831. The first kappa shape index (κ1) is 18.9. The van der Waals surface area contributed by atoms with E-state index < -0.39 is 24.0 Å². The molecule has 2 heterocycles. The van der Waals surface area contributed by atoms with Crippen LogP contribution in [0.25, 0.3) is 10.2 Å². The fourth-order valence-electron chi connectivity index (χ4n) is 2.27. The van der Waals surface area contributed by atoms with Crippen molar-refractivity contribution >= 4 is 39.3 Å². The number of thiophene rings is 1. The first-order valence-electron chi connectivity index (χ1n) is 7.52. The first-order chi connectivity index (χ1) is 11.7. The second kappa shape index (κ2) is 7.62. The highest BCUT2D eigenvalue weighted by Gasteiger charge is 2.22. The van der Waals surface area contributed by atoms with Crippen LogP contribution in [-0.4, -0.2) is 58.5 Å². The Kier molecular flexibility index (Phi) is 5.75. The predicted molar refractivity (Wildman–Crippen MR) is 91.7 cm³/mol. The molecule has 0 aliphatic carbocycles. The molecule has 2 amide bonds. The third-order valence-corrected chi connectivity index (χ3v) is 4.88. The maximum absolute atomic E-state index is 12.3. The summed E-state index contributed by atoms with van der Waals surface area (Å²) in [6, 6.07) is 0.927. The van der Waals surface area contributed by atoms with E-state index in [1.807, 2.05) is 6.92 Å². The molecule has 10 heteroatoms. The van der Waals surface area contributed by atoms with Crippen molar-refractivity contribution in [2.75, 3.05) is 13.7 Å². The Bertz CT molecular complexity index is 778. The molecule has 0 aromatic carbocycles. The van der Waals surface area contributed by atoms with Crippen LogP contribution in [0.15, 0.2) is 6.07 Å². The van der Waals surface area contributed by atoms with E-state index in [2.05, 4.69) is 15.7 Å². The molecule has 2 aromatic rings. The fraction of sp³-hybridized carbons (Fsp3) is 0.467. The Hall–Kier alpha value is -2.46. The number of hydrogen-bond donors (Lipinski definition) is 3. The summed E-state index contributed by atoms with van der Waals surface area (Å²) in [6.07, 6.45) is -1.13. The largest absolute Gasteiger partial charge is 0.479 e. The topological polar surface area (TPSA) is 123 Å². The molecule has 0 aliphatic heterocycles. The second-order valence-corrected chi connectivity index (χ2v) is 6.57. The van der Waals surface area contributed by atoms with E-state index in [0.717, 1.165) is 15.9 Å². The number of carbonyl (C=O) groups is 3. The van der Waals surface area contributed by atoms with Gasteiger partial charge in [0.15, 0.2) is 6.10 Å². The van der Waals surface area contributed by atoms with Crippen molar-refractivity contribution in [2.45, 2.75) is 26.0 Å². The van der Waals surface area contributed by atoms with Crippen molar-refractivity contribution in [2.24, 2.45) is 7.05 Å². The van der Waals surface area contributed by atoms with Gasteiger partial charge < -0.3 is 20.5 Å². The van der Waals surface area contributed by atoms with Gasteiger partial charge in [-0.3, -0.25) is 14.3 Å². The van der Waals surface area contributed by atoms with E-state index in [4.69, 9.17) is 9.84 Å². The lowest BCUT2D eigenvalue weighted by molar-refractivity contribution is -0.148. The van der Waals surface area contributed by atoms with Gasteiger partial charge in [0.25, 0.3) is 5.91 Å². The molecule has 0 radical (unpaired) electrons. The third kappa shape index (κ3) is 4.15. The summed E-state index contributed by atoms with van der Waals surface area (Å²) in [5.74, 6) is -2.03. The summed E-state index contributed by atoms with van der Waals surface area (Å²) in [6.45, 7) is 3.20. The van der Waals surface area contributed by atoms with Crippen LogP contribution in [0.4, 0.5) is 0 Å². The van der Waals surface area contributed by atoms with Crippen molar-refractivity contribution in [1.29, 1.82) is 0 Å². The zero-order valence-electron chi connectivity index (χ0n) is 14.3. The number of ether oxygens (including phenoxy) is 1. The number of rotatable bonds is 7. The smallest absolute Gasteiger partial charge is 0.334 e. The monoisotopic (exact) mass is 368 g/mol. The lowest BCUT2D eigenvalue weighted by Crippen LogP contribution is -2.47. The van der Waals surface area contributed by atoms with Gasteiger partial charge in [0.05, 0.1) is 17.1 Å². The van der Waals surface area contributed by atoms with Crippen molar-refractivity contribution in [1.82, 2.24) is 20.4 Å². The number of amides is 2. The van der Waals surface area contributed by atoms with E-state index in [9.17, 15) is 14.4 Å². The van der Waals surface area contributed by atoms with Crippen LogP contribution in [0.2, 0.25) is 0 Å². The number of aliphatic carboxylic acids is 1. The Morgan fingerprint density at radius 1 is 1.44 bits per heavy atom. The van der Waals surface area contributed by atoms with Crippen molar-refractivity contribution in [3.63, 3.8) is 0 Å². The van der Waals surface area contributed by atoms with Crippen LogP contribution in [0, 0.1) is 6.92 Å². The number of carboxylic acids is 1. The molecule has 0 bridgehead atoms. The molecule has 0 saturated heterocycles. The molecular formula is C15H20N4O5S. The average molecular weight is 368 g/mol. The van der Waals surface area contributed by atoms with Gasteiger partial charge in [-0.25, -0.2) is 4.79 Å². The number of carbonyl (C=O) groups excluding carboxylic acids is 2. The fourth-order valence-corrected chi connectivity index (χ4v) is 3.29. The lowest BCUT2D eigenvalue weighted by atomic mass is 10.2. The Morgan fingerprint density at radius 3 is 2.68 bits per heavy atom. The standard InChI is InChI=1S/C15H20N4O5S/c1-7-9-5-11(25-14(9)19(3)18-7)13(21)17-8(2)12(20)16-6-10(24-4)15(22)23/h5,8,10H,6H2,1-4H3,(H,16,20)(H,17,21)(H,22,23). The van der Waals surface area contributed by atoms with E-state index >= 15 is 0 Å². The summed E-state index contributed by atoms with van der Waals surface area (Å²) < 4.78 is 6.44. The number of carboxylic acid groups (broad SMARTS) is 1. The molecular weight excluding hydrogens is 348 g/mol. The number of hydrogen-bond acceptors (Lipinski definition) is 6. The van der Waals surface area contributed by atoms with Gasteiger partial charge in [-0.2, -0.15) is 5.10 Å². The third-order valence-electron chi connectivity index (χ3n) is 3.68. The van der Waals surface area contributed by atoms with Gasteiger partial charge in [0.2, 0.25) is 5.91 Å². The molecule has 2 unspecified atom stereocenters. The minimum atomic E-state index is -1.17. The van der Waals surface area contributed by atoms with E-state index in [0.29, 0.717) is 4.88 Å². The summed E-state index contributed by atoms with van der Waals surface area (Å²) in [7, 11) is 3.05. The highest BCUT2D eigenvalue weighted by Crippen LogP contribution is 2.27. The van der Waals surface area contributed by atoms with E-state index in [-0.39, 0.29) is 12.5 Å². The van der Waals surface area contributed by atoms with Crippen molar-refractivity contribution < 1.29 is 24.2 Å². The molecule has 0 saturated carbocycles. The second-order valence-electron chi connectivity index (χ2n) is 5.54. The molecule has 136 valence electrons. The van der Waals surface area contributed by atoms with Crippen LogP contribution in [-0.2, 0) is 21.4 Å². The molecule has 2 atom stereocenters. The Morgan fingerprint density at radius 2 is 2.12 bits per heavy atom. The molecule has 2 rings (SSSR count). The van der Waals surface area contributed by atoms with Gasteiger partial charge in [-0.15, -0.1) is 11.3 Å². The van der Waals surface area contributed by atoms with Crippen LogP contribution >= 0.6 is 11.3 Å². The van der Waals surface area contributed by atoms with Crippen LogP contribution in [0.3, 0.4) is 0 Å². The van der Waals surface area contributed by atoms with Gasteiger partial charge in [-0.1, -0.05) is 0 Å². The summed E-state index contributed by atoms with van der Waals surface area (Å²) in [4.78, 5) is 36.5. The zero-order valence-corrected chi connectivity index (χ0v) is 15.1. The first-order valence-corrected chi connectivity index (χ1v) is 8.33. The maximum atomic E-state index is 12.3. The molecule has 0 fully saturated rings. The van der Waals surface area contributed by atoms with Crippen molar-refractivity contribution in [3.05, 3.63) is 16.6 Å². The molecule has 9 nitrogen and oxygen atoms in total. The number of aryl methyl sites for hydroxylation is 2. The number of nitrogens with zero attached hydrogens (tertiary/aromatic N) is 2. The average Bonchev–Trinajstić information content (AvgIpc) is 3.09. The van der Waals surface area contributed by atoms with Gasteiger partial charge in [0, 0.05) is 19.5 Å². The van der Waals surface area contributed by atoms with Crippen LogP contribution in [0.5, 0.6) is 0 Å². The van der Waals surface area contributed by atoms with E-state index in [1.165, 1.54) is 25.4 Å². The van der Waals surface area contributed by atoms with Crippen LogP contribution in [0.1, 0.15) is 22.3 Å². The summed E-state index contributed by atoms with van der Waals surface area (Å²) >= 11 is 1.29. The van der Waals surface area contributed by atoms with Gasteiger partial charge >= 0.3 is 5.97 Å². The van der Waals surface area contributed by atoms with Gasteiger partial charge in [-0.05, 0) is 19.9 Å². The minimum absolute atomic E-state index is 0.182. The quantitative estimate of drug-likeness (QED) is 0.645. The van der Waals surface area contributed by atoms with E-state index in [1.54, 1.807) is 17.8 Å². The van der Waals surface area contributed by atoms with Crippen molar-refractivity contribution in [3.8, 4) is 0 Å². The lowest BCUT2D eigenvalue weighted by Gasteiger charge is -2.16. The van der Waals surface area contributed by atoms with Gasteiger partial charge in [0.1, 0.15) is 10.9 Å². The maximum Gasteiger partial charge on any atom is 0.334 e. The number of methoxy groups -OCH3 is 1. The number of nitrogens with one attached hydrogen (secondary N) is 2. The molecule has 3 N–H and O–H groups in total. The predicted octanol–water partition coefficient (Wildman–Crippen LogP) is 0.277. The normalized spacial score (nSPS) is 13.4. The Labute approximate surface area is 148 Å². The minimum Gasteiger partial charge on any atom is -0.479 e. The zero-order chi connectivity index (χ0) is 18.7. The highest BCUT2D eigenvalue weighted by molar-refractivity contribution is 7.20. The highest BCUT2D eigenvalue weighted by atomic mass is 32.1. The Balaban J connectivity index is 1.97. The molecule has 25 heavy (non-hydrogen) atoms.